The minimum absolute atomic E-state index is 0.0114. The smallest absolute Gasteiger partial charge is 0.259 e. The molecule has 0 spiro atoms. The van der Waals surface area contributed by atoms with Crippen molar-refractivity contribution in [3.63, 3.8) is 0 Å². The Morgan fingerprint density at radius 3 is 2.58 bits per heavy atom. The second-order valence-corrected chi connectivity index (χ2v) is 7.71. The number of fused-ring (bicyclic) bond motifs is 1. The van der Waals surface area contributed by atoms with Gasteiger partial charge in [0.25, 0.3) is 5.91 Å². The molecule has 0 unspecified atom stereocenters. The first-order valence-electron chi connectivity index (χ1n) is 10.4. The third-order valence-electron chi connectivity index (χ3n) is 5.52. The van der Waals surface area contributed by atoms with Crippen LogP contribution in [0.15, 0.2) is 48.8 Å². The number of anilines is 1. The summed E-state index contributed by atoms with van der Waals surface area (Å²) >= 11 is 0. The van der Waals surface area contributed by atoms with Gasteiger partial charge in [0.1, 0.15) is 5.75 Å². The van der Waals surface area contributed by atoms with Crippen molar-refractivity contribution >= 4 is 22.5 Å². The van der Waals surface area contributed by atoms with Gasteiger partial charge < -0.3 is 19.5 Å². The Hall–Kier alpha value is -4.14. The second kappa shape index (κ2) is 8.42. The summed E-state index contributed by atoms with van der Waals surface area (Å²) in [6.45, 7) is 0. The van der Waals surface area contributed by atoms with E-state index in [9.17, 15) is 9.18 Å². The van der Waals surface area contributed by atoms with E-state index in [1.807, 2.05) is 0 Å². The van der Waals surface area contributed by atoms with E-state index in [0.717, 1.165) is 18.5 Å². The van der Waals surface area contributed by atoms with Crippen molar-refractivity contribution in [3.05, 3.63) is 65.9 Å². The number of nitrogens with zero attached hydrogens (tertiary/aromatic N) is 2. The zero-order valence-corrected chi connectivity index (χ0v) is 18.0. The lowest BCUT2D eigenvalue weighted by Gasteiger charge is -2.13. The van der Waals surface area contributed by atoms with Crippen LogP contribution in [0.5, 0.6) is 23.0 Å². The van der Waals surface area contributed by atoms with Gasteiger partial charge in [0.05, 0.1) is 37.2 Å². The highest BCUT2D eigenvalue weighted by Gasteiger charge is 2.30. The first-order valence-corrected chi connectivity index (χ1v) is 10.4. The van der Waals surface area contributed by atoms with Crippen LogP contribution in [-0.2, 0) is 0 Å². The van der Waals surface area contributed by atoms with Gasteiger partial charge in [-0.25, -0.2) is 4.39 Å². The fraction of sp³-hybridized carbons (Fsp3) is 0.208. The summed E-state index contributed by atoms with van der Waals surface area (Å²) in [6.07, 6.45) is 5.13. The first-order chi connectivity index (χ1) is 16.1. The van der Waals surface area contributed by atoms with Crippen molar-refractivity contribution in [2.24, 2.45) is 0 Å². The van der Waals surface area contributed by atoms with Crippen LogP contribution in [0.4, 0.5) is 10.1 Å². The number of carbonyl (C=O) groups is 1. The molecule has 9 heteroatoms. The number of aromatic amines is 1. The largest absolute Gasteiger partial charge is 0.493 e. The van der Waals surface area contributed by atoms with Crippen molar-refractivity contribution < 1.29 is 23.4 Å². The number of rotatable bonds is 7. The molecule has 1 aliphatic rings. The van der Waals surface area contributed by atoms with E-state index < -0.39 is 5.82 Å². The standard InChI is InChI=1S/C24H21FN4O4/c1-31-21-10-15-18(11-22(21)32-2)26-8-7-19(15)33-20-6-5-14(9-17(20)25)28-24(30)16-12-27-29-23(16)13-3-4-13/h5-13H,3-4H2,1-2H3,(H,27,29)(H,28,30). The van der Waals surface area contributed by atoms with Gasteiger partial charge in [-0.3, -0.25) is 14.9 Å². The summed E-state index contributed by atoms with van der Waals surface area (Å²) in [5.41, 5.74) is 2.23. The zero-order valence-electron chi connectivity index (χ0n) is 18.0. The van der Waals surface area contributed by atoms with Gasteiger partial charge in [0.15, 0.2) is 23.1 Å². The molecular formula is C24H21FN4O4. The lowest BCUT2D eigenvalue weighted by molar-refractivity contribution is 0.102. The van der Waals surface area contributed by atoms with Gasteiger partial charge in [-0.1, -0.05) is 0 Å². The quantitative estimate of drug-likeness (QED) is 0.411. The van der Waals surface area contributed by atoms with Crippen molar-refractivity contribution in [3.8, 4) is 23.0 Å². The minimum atomic E-state index is -0.618. The highest BCUT2D eigenvalue weighted by molar-refractivity contribution is 6.05. The molecule has 0 aliphatic heterocycles. The van der Waals surface area contributed by atoms with Gasteiger partial charge in [-0.15, -0.1) is 0 Å². The van der Waals surface area contributed by atoms with Crippen LogP contribution in [0.3, 0.4) is 0 Å². The molecule has 0 bridgehead atoms. The molecule has 5 rings (SSSR count). The van der Waals surface area contributed by atoms with Crippen molar-refractivity contribution in [2.75, 3.05) is 19.5 Å². The Morgan fingerprint density at radius 2 is 1.85 bits per heavy atom. The Balaban J connectivity index is 1.38. The number of methoxy groups -OCH3 is 2. The maximum absolute atomic E-state index is 14.9. The molecule has 2 aromatic heterocycles. The van der Waals surface area contributed by atoms with E-state index in [-0.39, 0.29) is 11.7 Å². The highest BCUT2D eigenvalue weighted by Crippen LogP contribution is 2.41. The SMILES string of the molecule is COc1cc2nccc(Oc3ccc(NC(=O)c4cn[nH]c4C4CC4)cc3F)c2cc1OC. The van der Waals surface area contributed by atoms with Crippen LogP contribution in [0.1, 0.15) is 34.8 Å². The maximum Gasteiger partial charge on any atom is 0.259 e. The lowest BCUT2D eigenvalue weighted by Crippen LogP contribution is -2.13. The number of hydrogen-bond donors (Lipinski definition) is 2. The van der Waals surface area contributed by atoms with E-state index in [1.165, 1.54) is 25.4 Å². The van der Waals surface area contributed by atoms with E-state index in [2.05, 4.69) is 20.5 Å². The molecule has 2 heterocycles. The fourth-order valence-electron chi connectivity index (χ4n) is 3.68. The molecule has 2 N–H and O–H groups in total. The summed E-state index contributed by atoms with van der Waals surface area (Å²) in [6, 6.07) is 9.36. The number of amides is 1. The average Bonchev–Trinajstić information content (AvgIpc) is 3.55. The molecule has 168 valence electrons. The van der Waals surface area contributed by atoms with Gasteiger partial charge in [0.2, 0.25) is 0 Å². The molecule has 2 aromatic carbocycles. The van der Waals surface area contributed by atoms with E-state index in [4.69, 9.17) is 14.2 Å². The minimum Gasteiger partial charge on any atom is -0.493 e. The molecule has 4 aromatic rings. The number of nitrogens with one attached hydrogen (secondary N) is 2. The Morgan fingerprint density at radius 1 is 1.06 bits per heavy atom. The number of halogens is 1. The summed E-state index contributed by atoms with van der Waals surface area (Å²) < 4.78 is 31.4. The van der Waals surface area contributed by atoms with Crippen LogP contribution in [0.25, 0.3) is 10.9 Å². The van der Waals surface area contributed by atoms with Gasteiger partial charge in [-0.2, -0.15) is 5.10 Å². The molecular weight excluding hydrogens is 427 g/mol. The maximum atomic E-state index is 14.9. The van der Waals surface area contributed by atoms with E-state index >= 15 is 0 Å². The Kier molecular flexibility index (Phi) is 5.29. The average molecular weight is 448 g/mol. The van der Waals surface area contributed by atoms with E-state index in [0.29, 0.717) is 45.3 Å². The predicted octanol–water partition coefficient (Wildman–Crippen LogP) is 5.04. The van der Waals surface area contributed by atoms with Crippen LogP contribution in [0, 0.1) is 5.82 Å². The Bertz CT molecular complexity index is 1350. The molecule has 0 saturated heterocycles. The highest BCUT2D eigenvalue weighted by atomic mass is 19.1. The predicted molar refractivity (Wildman–Crippen MR) is 120 cm³/mol. The van der Waals surface area contributed by atoms with Gasteiger partial charge in [-0.05, 0) is 37.1 Å². The van der Waals surface area contributed by atoms with Crippen LogP contribution in [0.2, 0.25) is 0 Å². The molecule has 1 saturated carbocycles. The number of pyridine rings is 1. The van der Waals surface area contributed by atoms with Crippen molar-refractivity contribution in [1.82, 2.24) is 15.2 Å². The summed E-state index contributed by atoms with van der Waals surface area (Å²) in [4.78, 5) is 16.9. The monoisotopic (exact) mass is 448 g/mol. The van der Waals surface area contributed by atoms with Crippen molar-refractivity contribution in [2.45, 2.75) is 18.8 Å². The molecule has 0 atom stereocenters. The van der Waals surface area contributed by atoms with E-state index in [1.54, 1.807) is 37.6 Å². The topological polar surface area (TPSA) is 98.4 Å². The summed E-state index contributed by atoms with van der Waals surface area (Å²) in [5.74, 6) is 0.846. The number of ether oxygens (including phenoxy) is 3. The number of carbonyl (C=O) groups excluding carboxylic acids is 1. The second-order valence-electron chi connectivity index (χ2n) is 7.71. The summed E-state index contributed by atoms with van der Waals surface area (Å²) in [7, 11) is 3.07. The number of aromatic nitrogens is 3. The Labute approximate surface area is 188 Å². The molecule has 8 nitrogen and oxygen atoms in total. The summed E-state index contributed by atoms with van der Waals surface area (Å²) in [5, 5.41) is 10.2. The van der Waals surface area contributed by atoms with Crippen LogP contribution >= 0.6 is 0 Å². The number of hydrogen-bond acceptors (Lipinski definition) is 6. The van der Waals surface area contributed by atoms with Crippen LogP contribution < -0.4 is 19.5 Å². The van der Waals surface area contributed by atoms with Gasteiger partial charge in [0, 0.05) is 35.3 Å². The number of H-pyrrole nitrogens is 1. The normalized spacial score (nSPS) is 13.1. The molecule has 0 radical (unpaired) electrons. The zero-order chi connectivity index (χ0) is 22.9. The molecule has 1 aliphatic carbocycles. The lowest BCUT2D eigenvalue weighted by atomic mass is 10.1. The molecule has 1 fully saturated rings. The fourth-order valence-corrected chi connectivity index (χ4v) is 3.68. The van der Waals surface area contributed by atoms with Gasteiger partial charge >= 0.3 is 0 Å². The third kappa shape index (κ3) is 4.05. The molecule has 33 heavy (non-hydrogen) atoms. The third-order valence-corrected chi connectivity index (χ3v) is 5.52. The van der Waals surface area contributed by atoms with Crippen molar-refractivity contribution in [1.29, 1.82) is 0 Å². The number of benzene rings is 2. The van der Waals surface area contributed by atoms with Crippen LogP contribution in [-0.4, -0.2) is 35.3 Å². The first kappa shape index (κ1) is 20.7. The molecule has 1 amide bonds.